The predicted molar refractivity (Wildman–Crippen MR) is 69.4 cm³/mol. The number of rotatable bonds is 4. The van der Waals surface area contributed by atoms with Gasteiger partial charge in [0.1, 0.15) is 5.82 Å². The van der Waals surface area contributed by atoms with E-state index in [-0.39, 0.29) is 11.9 Å². The van der Waals surface area contributed by atoms with Gasteiger partial charge in [-0.2, -0.15) is 0 Å². The molecule has 1 unspecified atom stereocenters. The van der Waals surface area contributed by atoms with E-state index in [1.165, 1.54) is 12.1 Å². The summed E-state index contributed by atoms with van der Waals surface area (Å²) in [6.07, 6.45) is 2.06. The molecule has 1 aromatic heterocycles. The molecule has 0 aliphatic carbocycles. The van der Waals surface area contributed by atoms with Crippen molar-refractivity contribution in [2.45, 2.75) is 12.5 Å². The van der Waals surface area contributed by atoms with Crippen LogP contribution in [0, 0.1) is 5.82 Å². The Morgan fingerprint density at radius 1 is 1.33 bits per heavy atom. The molecule has 0 aliphatic rings. The molecule has 0 saturated heterocycles. The maximum atomic E-state index is 13.6. The van der Waals surface area contributed by atoms with Crippen LogP contribution in [-0.4, -0.2) is 4.98 Å². The van der Waals surface area contributed by atoms with Crippen LogP contribution in [0.4, 0.5) is 4.39 Å². The van der Waals surface area contributed by atoms with Crippen LogP contribution < -0.4 is 11.3 Å². The fourth-order valence-electron chi connectivity index (χ4n) is 1.75. The Bertz CT molecular complexity index is 519. The Morgan fingerprint density at radius 2 is 2.17 bits per heavy atom. The van der Waals surface area contributed by atoms with E-state index in [1.54, 1.807) is 12.3 Å². The lowest BCUT2D eigenvalue weighted by Gasteiger charge is -2.15. The van der Waals surface area contributed by atoms with Gasteiger partial charge in [-0.05, 0) is 42.3 Å². The summed E-state index contributed by atoms with van der Waals surface area (Å²) >= 11 is 5.86. The molecule has 1 atom stereocenters. The zero-order valence-electron chi connectivity index (χ0n) is 9.61. The fraction of sp³-hybridized carbons (Fsp3) is 0.154. The number of nitrogens with two attached hydrogens (primary N) is 1. The second-order valence-corrected chi connectivity index (χ2v) is 4.35. The molecule has 18 heavy (non-hydrogen) atoms. The van der Waals surface area contributed by atoms with E-state index in [0.717, 1.165) is 5.69 Å². The molecule has 2 rings (SSSR count). The molecule has 0 amide bonds. The molecular weight excluding hydrogens is 253 g/mol. The van der Waals surface area contributed by atoms with E-state index in [1.807, 2.05) is 18.2 Å². The molecule has 0 aliphatic heterocycles. The Morgan fingerprint density at radius 3 is 2.83 bits per heavy atom. The minimum atomic E-state index is -0.296. The van der Waals surface area contributed by atoms with Crippen LogP contribution in [0.25, 0.3) is 0 Å². The molecular formula is C13H13ClFN3. The highest BCUT2D eigenvalue weighted by atomic mass is 35.5. The molecule has 0 saturated carbocycles. The van der Waals surface area contributed by atoms with E-state index in [9.17, 15) is 4.39 Å². The van der Waals surface area contributed by atoms with Crippen LogP contribution in [0.5, 0.6) is 0 Å². The first-order valence-corrected chi connectivity index (χ1v) is 5.89. The summed E-state index contributed by atoms with van der Waals surface area (Å²) in [5, 5.41) is 0.503. The average molecular weight is 266 g/mol. The molecule has 5 heteroatoms. The maximum absolute atomic E-state index is 13.6. The number of halogens is 2. The molecule has 1 aromatic carbocycles. The average Bonchev–Trinajstić information content (AvgIpc) is 2.41. The van der Waals surface area contributed by atoms with Crippen molar-refractivity contribution >= 4 is 11.6 Å². The minimum absolute atomic E-state index is 0.251. The molecule has 3 nitrogen and oxygen atoms in total. The number of aromatic nitrogens is 1. The zero-order valence-corrected chi connectivity index (χ0v) is 10.4. The van der Waals surface area contributed by atoms with Gasteiger partial charge in [-0.1, -0.05) is 17.7 Å². The number of hydrogen-bond acceptors (Lipinski definition) is 3. The topological polar surface area (TPSA) is 50.9 Å². The SMILES string of the molecule is NNC(Cc1cc(Cl)ccc1F)c1ccccn1. The Hall–Kier alpha value is -1.49. The second-order valence-electron chi connectivity index (χ2n) is 3.91. The summed E-state index contributed by atoms with van der Waals surface area (Å²) in [7, 11) is 0. The summed E-state index contributed by atoms with van der Waals surface area (Å²) in [6, 6.07) is 9.74. The minimum Gasteiger partial charge on any atom is -0.271 e. The lowest BCUT2D eigenvalue weighted by Crippen LogP contribution is -2.30. The molecule has 0 fully saturated rings. The molecule has 94 valence electrons. The first kappa shape index (κ1) is 13.0. The van der Waals surface area contributed by atoms with Crippen molar-refractivity contribution in [2.75, 3.05) is 0 Å². The summed E-state index contributed by atoms with van der Waals surface area (Å²) in [4.78, 5) is 4.20. The van der Waals surface area contributed by atoms with Crippen LogP contribution in [0.3, 0.4) is 0 Å². The monoisotopic (exact) mass is 265 g/mol. The van der Waals surface area contributed by atoms with Gasteiger partial charge < -0.3 is 0 Å². The van der Waals surface area contributed by atoms with Gasteiger partial charge in [0.15, 0.2) is 0 Å². The molecule has 3 N–H and O–H groups in total. The third kappa shape index (κ3) is 3.04. The highest BCUT2D eigenvalue weighted by molar-refractivity contribution is 6.30. The van der Waals surface area contributed by atoms with Crippen LogP contribution in [0.2, 0.25) is 5.02 Å². The van der Waals surface area contributed by atoms with E-state index in [0.29, 0.717) is 17.0 Å². The van der Waals surface area contributed by atoms with Crippen molar-refractivity contribution in [1.82, 2.24) is 10.4 Å². The number of hydrogen-bond donors (Lipinski definition) is 2. The first-order valence-electron chi connectivity index (χ1n) is 5.51. The number of benzene rings is 1. The van der Waals surface area contributed by atoms with Crippen molar-refractivity contribution < 1.29 is 4.39 Å². The van der Waals surface area contributed by atoms with Gasteiger partial charge in [0, 0.05) is 11.2 Å². The molecule has 0 bridgehead atoms. The number of nitrogens with one attached hydrogen (secondary N) is 1. The van der Waals surface area contributed by atoms with Crippen molar-refractivity contribution in [3.63, 3.8) is 0 Å². The van der Waals surface area contributed by atoms with Crippen LogP contribution >= 0.6 is 11.6 Å². The third-order valence-corrected chi connectivity index (χ3v) is 2.91. The van der Waals surface area contributed by atoms with E-state index < -0.39 is 0 Å². The maximum Gasteiger partial charge on any atom is 0.126 e. The number of hydrazine groups is 1. The first-order chi connectivity index (χ1) is 8.70. The van der Waals surface area contributed by atoms with Gasteiger partial charge in [0.2, 0.25) is 0 Å². The van der Waals surface area contributed by atoms with Gasteiger partial charge in [-0.15, -0.1) is 0 Å². The third-order valence-electron chi connectivity index (χ3n) is 2.68. The van der Waals surface area contributed by atoms with Gasteiger partial charge in [-0.25, -0.2) is 4.39 Å². The molecule has 2 aromatic rings. The Kier molecular flexibility index (Phi) is 4.25. The number of pyridine rings is 1. The van der Waals surface area contributed by atoms with Crippen molar-refractivity contribution in [3.05, 3.63) is 64.7 Å². The van der Waals surface area contributed by atoms with E-state index in [4.69, 9.17) is 17.4 Å². The highest BCUT2D eigenvalue weighted by Crippen LogP contribution is 2.21. The summed E-state index contributed by atoms with van der Waals surface area (Å²) in [6.45, 7) is 0. The van der Waals surface area contributed by atoms with Crippen molar-refractivity contribution in [2.24, 2.45) is 5.84 Å². The fourth-order valence-corrected chi connectivity index (χ4v) is 1.95. The molecule has 0 spiro atoms. The molecule has 1 heterocycles. The van der Waals surface area contributed by atoms with Gasteiger partial charge in [-0.3, -0.25) is 16.3 Å². The molecule has 0 radical (unpaired) electrons. The van der Waals surface area contributed by atoms with E-state index >= 15 is 0 Å². The Balaban J connectivity index is 2.23. The largest absolute Gasteiger partial charge is 0.271 e. The lowest BCUT2D eigenvalue weighted by molar-refractivity contribution is 0.519. The normalized spacial score (nSPS) is 12.4. The van der Waals surface area contributed by atoms with E-state index in [2.05, 4.69) is 10.4 Å². The van der Waals surface area contributed by atoms with Gasteiger partial charge in [0.25, 0.3) is 0 Å². The quantitative estimate of drug-likeness (QED) is 0.660. The van der Waals surface area contributed by atoms with Crippen molar-refractivity contribution in [3.8, 4) is 0 Å². The summed E-state index contributed by atoms with van der Waals surface area (Å²) in [5.41, 5.74) is 3.91. The smallest absolute Gasteiger partial charge is 0.126 e. The lowest BCUT2D eigenvalue weighted by atomic mass is 10.0. The van der Waals surface area contributed by atoms with Crippen LogP contribution in [0.15, 0.2) is 42.6 Å². The van der Waals surface area contributed by atoms with Crippen molar-refractivity contribution in [1.29, 1.82) is 0 Å². The standard InChI is InChI=1S/C13H13ClFN3/c14-10-4-5-11(15)9(7-10)8-13(18-16)12-3-1-2-6-17-12/h1-7,13,18H,8,16H2. The second kappa shape index (κ2) is 5.91. The summed E-state index contributed by atoms with van der Waals surface area (Å²) in [5.74, 6) is 5.20. The predicted octanol–water partition coefficient (Wildman–Crippen LogP) is 2.62. The van der Waals surface area contributed by atoms with Gasteiger partial charge >= 0.3 is 0 Å². The van der Waals surface area contributed by atoms with Crippen LogP contribution in [-0.2, 0) is 6.42 Å². The van der Waals surface area contributed by atoms with Crippen LogP contribution in [0.1, 0.15) is 17.3 Å². The summed E-state index contributed by atoms with van der Waals surface area (Å²) < 4.78 is 13.6. The Labute approximate surface area is 110 Å². The zero-order chi connectivity index (χ0) is 13.0. The highest BCUT2D eigenvalue weighted by Gasteiger charge is 2.14. The number of nitrogens with zero attached hydrogens (tertiary/aromatic N) is 1. The van der Waals surface area contributed by atoms with Gasteiger partial charge in [0.05, 0.1) is 11.7 Å².